The molecule has 0 aromatic carbocycles. The molecule has 0 radical (unpaired) electrons. The van der Waals surface area contributed by atoms with Gasteiger partial charge >= 0.3 is 5.97 Å². The number of aliphatic carboxylic acids is 1. The van der Waals surface area contributed by atoms with E-state index < -0.39 is 29.2 Å². The highest BCUT2D eigenvalue weighted by Crippen LogP contribution is 2.42. The zero-order chi connectivity index (χ0) is 22.4. The fourth-order valence-electron chi connectivity index (χ4n) is 3.37. The van der Waals surface area contributed by atoms with Gasteiger partial charge in [-0.15, -0.1) is 22.0 Å². The minimum atomic E-state index is -1.17. The van der Waals surface area contributed by atoms with Crippen LogP contribution in [0.15, 0.2) is 15.6 Å². The lowest BCUT2D eigenvalue weighted by molar-refractivity contribution is -0.148. The first-order valence-electron chi connectivity index (χ1n) is 9.02. The zero-order valence-corrected chi connectivity index (χ0v) is 19.8. The molecule has 10 nitrogen and oxygen atoms in total. The van der Waals surface area contributed by atoms with E-state index in [0.29, 0.717) is 22.8 Å². The van der Waals surface area contributed by atoms with E-state index in [1.165, 1.54) is 44.4 Å². The summed E-state index contributed by atoms with van der Waals surface area (Å²) in [6.45, 7) is 3.52. The van der Waals surface area contributed by atoms with Crippen molar-refractivity contribution in [2.24, 2.45) is 7.05 Å². The number of hydrogen-bond donors (Lipinski definition) is 2. The number of amides is 2. The molecule has 1 saturated heterocycles. The number of nitrogens with one attached hydrogen (secondary N) is 1. The van der Waals surface area contributed by atoms with Crippen LogP contribution in [0, 0.1) is 13.8 Å². The van der Waals surface area contributed by atoms with Gasteiger partial charge in [0.05, 0.1) is 10.7 Å². The smallest absolute Gasteiger partial charge is 0.352 e. The molecule has 164 valence electrons. The molecule has 2 aromatic rings. The van der Waals surface area contributed by atoms with Gasteiger partial charge in [0.2, 0.25) is 0 Å². The van der Waals surface area contributed by atoms with Crippen molar-refractivity contribution in [1.82, 2.24) is 30.2 Å². The van der Waals surface area contributed by atoms with Crippen LogP contribution in [0.4, 0.5) is 0 Å². The van der Waals surface area contributed by atoms with Gasteiger partial charge in [-0.2, -0.15) is 5.10 Å². The van der Waals surface area contributed by atoms with E-state index in [9.17, 15) is 19.5 Å². The Balaban J connectivity index is 1.50. The zero-order valence-electron chi connectivity index (χ0n) is 16.6. The maximum absolute atomic E-state index is 12.8. The second-order valence-corrected chi connectivity index (χ2v) is 10.8. The summed E-state index contributed by atoms with van der Waals surface area (Å²) in [4.78, 5) is 38.7. The number of aryl methyl sites for hydroxylation is 3. The molecule has 2 atom stereocenters. The van der Waals surface area contributed by atoms with E-state index >= 15 is 0 Å². The van der Waals surface area contributed by atoms with E-state index in [2.05, 4.69) is 20.6 Å². The molecular weight excluding hydrogens is 484 g/mol. The molecule has 4 rings (SSSR count). The fraction of sp³-hybridized carbons (Fsp3) is 0.412. The number of carbonyl (C=O) groups excluding carboxylic acids is 2. The monoisotopic (exact) mass is 500 g/mol. The van der Waals surface area contributed by atoms with Crippen molar-refractivity contribution in [3.63, 3.8) is 0 Å². The summed E-state index contributed by atoms with van der Waals surface area (Å²) in [5.74, 6) is -1.34. The number of hydrogen-bond acceptors (Lipinski definition) is 9. The van der Waals surface area contributed by atoms with Gasteiger partial charge in [-0.25, -0.2) is 4.79 Å². The number of fused-ring (bicyclic) bond motifs is 1. The SMILES string of the molecule is Cc1nnc(SCC2=C(C(=O)O)N3C(=O)[C@@H](NC(=O)c4c(Cl)c(C)nn4C)[C@H]3SC2)s1. The number of carbonyl (C=O) groups is 3. The highest BCUT2D eigenvalue weighted by atomic mass is 35.5. The lowest BCUT2D eigenvalue weighted by atomic mass is 10.0. The molecule has 2 aliphatic heterocycles. The van der Waals surface area contributed by atoms with E-state index in [-0.39, 0.29) is 16.4 Å². The highest BCUT2D eigenvalue weighted by Gasteiger charge is 2.54. The van der Waals surface area contributed by atoms with Crippen LogP contribution in [0.5, 0.6) is 0 Å². The first kappa shape index (κ1) is 22.1. The molecular formula is C17H17ClN6O4S3. The molecule has 14 heteroatoms. The summed E-state index contributed by atoms with van der Waals surface area (Å²) >= 11 is 10.4. The summed E-state index contributed by atoms with van der Waals surface area (Å²) in [5, 5.41) is 25.1. The van der Waals surface area contributed by atoms with Gasteiger partial charge in [-0.3, -0.25) is 19.2 Å². The molecule has 1 fully saturated rings. The third kappa shape index (κ3) is 3.95. The summed E-state index contributed by atoms with van der Waals surface area (Å²) in [7, 11) is 1.59. The Hall–Kier alpha value is -2.09. The molecule has 2 N–H and O–H groups in total. The normalized spacial score (nSPS) is 20.5. The van der Waals surface area contributed by atoms with E-state index in [1.54, 1.807) is 14.0 Å². The van der Waals surface area contributed by atoms with Crippen LogP contribution < -0.4 is 5.32 Å². The Labute approximate surface area is 194 Å². The lowest BCUT2D eigenvalue weighted by Crippen LogP contribution is -2.70. The molecule has 0 unspecified atom stereocenters. The second-order valence-electron chi connectivity index (χ2n) is 6.87. The molecule has 0 spiro atoms. The number of nitrogens with zero attached hydrogens (tertiary/aromatic N) is 5. The predicted octanol–water partition coefficient (Wildman–Crippen LogP) is 1.69. The standard InChI is InChI=1S/C17H17ClN6O4S3/c1-6-9(18)12(23(3)22-6)13(25)19-10-14(26)24-11(16(27)28)8(4-29-15(10)24)5-30-17-21-20-7(2)31-17/h10,15H,4-5H2,1-3H3,(H,19,25)(H,27,28)/t10-,15-/m1/s1. The number of thioether (sulfide) groups is 2. The predicted molar refractivity (Wildman–Crippen MR) is 117 cm³/mol. The van der Waals surface area contributed by atoms with Crippen molar-refractivity contribution in [3.8, 4) is 0 Å². The maximum atomic E-state index is 12.8. The van der Waals surface area contributed by atoms with Crippen LogP contribution in [0.2, 0.25) is 5.02 Å². The van der Waals surface area contributed by atoms with Crippen LogP contribution >= 0.6 is 46.5 Å². The number of carboxylic acids is 1. The average molecular weight is 501 g/mol. The van der Waals surface area contributed by atoms with Crippen molar-refractivity contribution in [3.05, 3.63) is 32.7 Å². The number of halogens is 1. The van der Waals surface area contributed by atoms with E-state index in [4.69, 9.17) is 11.6 Å². The Bertz CT molecular complexity index is 1130. The second kappa shape index (κ2) is 8.45. The minimum absolute atomic E-state index is 0.0256. The van der Waals surface area contributed by atoms with E-state index in [1.807, 2.05) is 6.92 Å². The highest BCUT2D eigenvalue weighted by molar-refractivity contribution is 8.01. The summed E-state index contributed by atoms with van der Waals surface area (Å²) < 4.78 is 2.10. The van der Waals surface area contributed by atoms with Crippen molar-refractivity contribution in [2.75, 3.05) is 11.5 Å². The maximum Gasteiger partial charge on any atom is 0.352 e. The summed E-state index contributed by atoms with van der Waals surface area (Å²) in [5.41, 5.74) is 1.27. The van der Waals surface area contributed by atoms with Crippen molar-refractivity contribution in [1.29, 1.82) is 0 Å². The largest absolute Gasteiger partial charge is 0.477 e. The van der Waals surface area contributed by atoms with Crippen molar-refractivity contribution < 1.29 is 19.5 Å². The molecule has 0 saturated carbocycles. The summed E-state index contributed by atoms with van der Waals surface area (Å²) in [6, 6.07) is -0.835. The number of aromatic nitrogens is 4. The molecule has 4 heterocycles. The van der Waals surface area contributed by atoms with Gasteiger partial charge in [0, 0.05) is 18.6 Å². The first-order valence-corrected chi connectivity index (χ1v) is 12.2. The summed E-state index contributed by atoms with van der Waals surface area (Å²) in [6.07, 6.45) is 0. The Morgan fingerprint density at radius 3 is 2.68 bits per heavy atom. The third-order valence-electron chi connectivity index (χ3n) is 4.78. The molecule has 2 aromatic heterocycles. The van der Waals surface area contributed by atoms with Gasteiger partial charge in [0.1, 0.15) is 27.8 Å². The van der Waals surface area contributed by atoms with Gasteiger partial charge in [0.15, 0.2) is 4.34 Å². The molecule has 2 amide bonds. The first-order chi connectivity index (χ1) is 14.7. The Morgan fingerprint density at radius 1 is 1.35 bits per heavy atom. The van der Waals surface area contributed by atoms with Gasteiger partial charge < -0.3 is 10.4 Å². The molecule has 0 bridgehead atoms. The van der Waals surface area contributed by atoms with Crippen LogP contribution in [0.25, 0.3) is 0 Å². The molecule has 31 heavy (non-hydrogen) atoms. The van der Waals surface area contributed by atoms with Crippen LogP contribution in [0.3, 0.4) is 0 Å². The van der Waals surface area contributed by atoms with Crippen molar-refractivity contribution >= 4 is 64.2 Å². The topological polar surface area (TPSA) is 130 Å². The Morgan fingerprint density at radius 2 is 2.10 bits per heavy atom. The average Bonchev–Trinajstić information content (AvgIpc) is 3.25. The van der Waals surface area contributed by atoms with E-state index in [0.717, 1.165) is 9.35 Å². The van der Waals surface area contributed by atoms with Gasteiger partial charge in [0.25, 0.3) is 11.8 Å². The fourth-order valence-corrected chi connectivity index (χ4v) is 6.91. The van der Waals surface area contributed by atoms with Gasteiger partial charge in [-0.05, 0) is 19.4 Å². The molecule has 2 aliphatic rings. The molecule has 0 aliphatic carbocycles. The Kier molecular flexibility index (Phi) is 6.03. The van der Waals surface area contributed by atoms with Gasteiger partial charge in [-0.1, -0.05) is 34.7 Å². The van der Waals surface area contributed by atoms with Crippen molar-refractivity contribution in [2.45, 2.75) is 29.6 Å². The quantitative estimate of drug-likeness (QED) is 0.449. The number of carboxylic acid groups (broad SMARTS) is 1. The van der Waals surface area contributed by atoms with Crippen LogP contribution in [-0.4, -0.2) is 70.7 Å². The number of rotatable bonds is 6. The van der Waals surface area contributed by atoms with Crippen LogP contribution in [0.1, 0.15) is 21.2 Å². The minimum Gasteiger partial charge on any atom is -0.477 e. The lowest BCUT2D eigenvalue weighted by Gasteiger charge is -2.49. The van der Waals surface area contributed by atoms with Crippen LogP contribution in [-0.2, 0) is 16.6 Å². The third-order valence-corrected chi connectivity index (χ3v) is 8.63. The number of β-lactam (4-membered cyclic amide) rings is 1.